The van der Waals surface area contributed by atoms with Gasteiger partial charge in [0.05, 0.1) is 5.76 Å². The van der Waals surface area contributed by atoms with Crippen LogP contribution in [0.15, 0.2) is 23.1 Å². The summed E-state index contributed by atoms with van der Waals surface area (Å²) in [5.74, 6) is 1.78. The Balaban J connectivity index is 2.56. The summed E-state index contributed by atoms with van der Waals surface area (Å²) >= 11 is 5.35. The van der Waals surface area contributed by atoms with E-state index in [0.29, 0.717) is 0 Å². The third-order valence-electron chi connectivity index (χ3n) is 1.00. The van der Waals surface area contributed by atoms with Crippen LogP contribution in [0.4, 0.5) is 0 Å². The largest absolute Gasteiger partial charge is 0.465 e. The lowest BCUT2D eigenvalue weighted by Gasteiger charge is -1.95. The zero-order valence-corrected chi connectivity index (χ0v) is 5.40. The second-order valence-electron chi connectivity index (χ2n) is 1.70. The highest BCUT2D eigenvalue weighted by Crippen LogP contribution is 2.19. The van der Waals surface area contributed by atoms with E-state index in [1.54, 1.807) is 0 Å². The molecule has 0 fully saturated rings. The summed E-state index contributed by atoms with van der Waals surface area (Å²) in [5, 5.41) is 0. The normalized spacial score (nSPS) is 23.2. The Morgan fingerprint density at radius 3 is 2.88 bits per heavy atom. The Morgan fingerprint density at radius 2 is 2.62 bits per heavy atom. The lowest BCUT2D eigenvalue weighted by molar-refractivity contribution is 0.326. The van der Waals surface area contributed by atoms with Gasteiger partial charge in [-0.05, 0) is 13.0 Å². The molecule has 0 atom stereocenters. The minimum absolute atomic E-state index is 0.837. The summed E-state index contributed by atoms with van der Waals surface area (Å²) in [7, 11) is 0. The van der Waals surface area contributed by atoms with Crippen LogP contribution in [0.25, 0.3) is 0 Å². The van der Waals surface area contributed by atoms with Crippen molar-refractivity contribution in [1.29, 1.82) is 0 Å². The van der Waals surface area contributed by atoms with Gasteiger partial charge in [-0.2, -0.15) is 0 Å². The molecule has 0 aromatic heterocycles. The Labute approximate surface area is 53.6 Å². The molecule has 44 valence electrons. The van der Waals surface area contributed by atoms with E-state index >= 15 is 0 Å². The summed E-state index contributed by atoms with van der Waals surface area (Å²) in [5.41, 5.74) is 1.47. The zero-order chi connectivity index (χ0) is 5.98. The standard InChI is InChI=1S/C6H7ClO/c1-5-2-3-6(4-7)8-5/h2,4H,3H2,1H3. The van der Waals surface area contributed by atoms with Crippen molar-refractivity contribution in [3.63, 3.8) is 0 Å². The topological polar surface area (TPSA) is 9.23 Å². The first-order valence-electron chi connectivity index (χ1n) is 2.47. The predicted molar refractivity (Wildman–Crippen MR) is 33.4 cm³/mol. The lowest BCUT2D eigenvalue weighted by atomic mass is 10.4. The van der Waals surface area contributed by atoms with Crippen LogP contribution < -0.4 is 0 Å². The number of halogens is 1. The first kappa shape index (κ1) is 5.70. The van der Waals surface area contributed by atoms with Crippen LogP contribution in [0.5, 0.6) is 0 Å². The van der Waals surface area contributed by atoms with E-state index in [0.717, 1.165) is 17.9 Å². The van der Waals surface area contributed by atoms with Gasteiger partial charge in [-0.25, -0.2) is 0 Å². The number of hydrogen-bond acceptors (Lipinski definition) is 1. The molecule has 0 saturated carbocycles. The number of rotatable bonds is 0. The fourth-order valence-corrected chi connectivity index (χ4v) is 0.735. The fourth-order valence-electron chi connectivity index (χ4n) is 0.601. The Bertz CT molecular complexity index is 147. The molecule has 0 spiro atoms. The molecule has 0 radical (unpaired) electrons. The highest BCUT2D eigenvalue weighted by molar-refractivity contribution is 6.25. The summed E-state index contributed by atoms with van der Waals surface area (Å²) in [4.78, 5) is 0. The molecule has 0 aromatic carbocycles. The van der Waals surface area contributed by atoms with Gasteiger partial charge in [-0.15, -0.1) is 0 Å². The van der Waals surface area contributed by atoms with E-state index in [4.69, 9.17) is 16.3 Å². The van der Waals surface area contributed by atoms with Crippen LogP contribution in [0, 0.1) is 0 Å². The van der Waals surface area contributed by atoms with Crippen molar-refractivity contribution in [3.05, 3.63) is 23.1 Å². The molecule has 1 heterocycles. The minimum atomic E-state index is 0.837. The third-order valence-corrected chi connectivity index (χ3v) is 1.25. The molecular weight excluding hydrogens is 124 g/mol. The number of allylic oxidation sites excluding steroid dienone is 2. The summed E-state index contributed by atoms with van der Waals surface area (Å²) in [6, 6.07) is 0. The predicted octanol–water partition coefficient (Wildman–Crippen LogP) is 2.39. The van der Waals surface area contributed by atoms with E-state index in [-0.39, 0.29) is 0 Å². The van der Waals surface area contributed by atoms with Crippen LogP contribution in [-0.4, -0.2) is 0 Å². The quantitative estimate of drug-likeness (QED) is 0.489. The monoisotopic (exact) mass is 130 g/mol. The van der Waals surface area contributed by atoms with Gasteiger partial charge in [0.25, 0.3) is 0 Å². The number of ether oxygens (including phenoxy) is 1. The second kappa shape index (κ2) is 2.23. The minimum Gasteiger partial charge on any atom is -0.465 e. The molecule has 0 bridgehead atoms. The third kappa shape index (κ3) is 1.04. The Kier molecular flexibility index (Phi) is 1.59. The van der Waals surface area contributed by atoms with Crippen LogP contribution in [0.3, 0.4) is 0 Å². The first-order chi connectivity index (χ1) is 3.83. The van der Waals surface area contributed by atoms with Gasteiger partial charge in [-0.3, -0.25) is 0 Å². The Morgan fingerprint density at radius 1 is 1.88 bits per heavy atom. The molecule has 1 aliphatic rings. The first-order valence-corrected chi connectivity index (χ1v) is 2.90. The van der Waals surface area contributed by atoms with Crippen molar-refractivity contribution < 1.29 is 4.74 Å². The van der Waals surface area contributed by atoms with Crippen molar-refractivity contribution in [2.45, 2.75) is 13.3 Å². The van der Waals surface area contributed by atoms with Gasteiger partial charge in [0.15, 0.2) is 0 Å². The Hall–Kier alpha value is -0.430. The summed E-state index contributed by atoms with van der Waals surface area (Å²) in [6.45, 7) is 1.91. The molecule has 1 nitrogen and oxygen atoms in total. The molecule has 0 amide bonds. The molecule has 0 N–H and O–H groups in total. The molecule has 0 aromatic rings. The number of hydrogen-bond donors (Lipinski definition) is 0. The molecule has 1 rings (SSSR count). The summed E-state index contributed by atoms with van der Waals surface area (Å²) in [6.07, 6.45) is 2.84. The van der Waals surface area contributed by atoms with Gasteiger partial charge in [0.2, 0.25) is 0 Å². The zero-order valence-electron chi connectivity index (χ0n) is 4.65. The van der Waals surface area contributed by atoms with Crippen LogP contribution in [0.1, 0.15) is 13.3 Å². The molecule has 0 aliphatic carbocycles. The SMILES string of the molecule is CC1=CCC(=CCl)O1. The average molecular weight is 131 g/mol. The molecule has 1 aliphatic heterocycles. The smallest absolute Gasteiger partial charge is 0.119 e. The van der Waals surface area contributed by atoms with Gasteiger partial charge >= 0.3 is 0 Å². The van der Waals surface area contributed by atoms with Gasteiger partial charge < -0.3 is 4.74 Å². The maximum absolute atomic E-state index is 5.35. The molecular formula is C6H7ClO. The maximum atomic E-state index is 5.35. The van der Waals surface area contributed by atoms with Crippen molar-refractivity contribution in [3.8, 4) is 0 Å². The van der Waals surface area contributed by atoms with Crippen LogP contribution in [0.2, 0.25) is 0 Å². The van der Waals surface area contributed by atoms with Crippen LogP contribution >= 0.6 is 11.6 Å². The van der Waals surface area contributed by atoms with Gasteiger partial charge in [0, 0.05) is 12.0 Å². The molecule has 0 unspecified atom stereocenters. The lowest BCUT2D eigenvalue weighted by Crippen LogP contribution is -1.75. The van der Waals surface area contributed by atoms with E-state index in [1.165, 1.54) is 5.54 Å². The van der Waals surface area contributed by atoms with E-state index in [1.807, 2.05) is 13.0 Å². The van der Waals surface area contributed by atoms with Crippen molar-refractivity contribution in [2.24, 2.45) is 0 Å². The fraction of sp³-hybridized carbons (Fsp3) is 0.333. The van der Waals surface area contributed by atoms with Crippen molar-refractivity contribution in [2.75, 3.05) is 0 Å². The van der Waals surface area contributed by atoms with E-state index < -0.39 is 0 Å². The van der Waals surface area contributed by atoms with Crippen molar-refractivity contribution >= 4 is 11.6 Å². The maximum Gasteiger partial charge on any atom is 0.119 e. The van der Waals surface area contributed by atoms with Crippen LogP contribution in [-0.2, 0) is 4.74 Å². The molecule has 8 heavy (non-hydrogen) atoms. The highest BCUT2D eigenvalue weighted by Gasteiger charge is 2.04. The second-order valence-corrected chi connectivity index (χ2v) is 1.91. The van der Waals surface area contributed by atoms with E-state index in [2.05, 4.69) is 0 Å². The average Bonchev–Trinajstić information content (AvgIpc) is 2.14. The highest BCUT2D eigenvalue weighted by atomic mass is 35.5. The van der Waals surface area contributed by atoms with Gasteiger partial charge in [-0.1, -0.05) is 11.6 Å². The molecule has 0 saturated heterocycles. The van der Waals surface area contributed by atoms with Gasteiger partial charge in [0.1, 0.15) is 5.76 Å². The molecule has 2 heteroatoms. The van der Waals surface area contributed by atoms with Crippen molar-refractivity contribution in [1.82, 2.24) is 0 Å². The summed E-state index contributed by atoms with van der Waals surface area (Å²) < 4.78 is 5.10. The van der Waals surface area contributed by atoms with E-state index in [9.17, 15) is 0 Å².